The van der Waals surface area contributed by atoms with Crippen molar-refractivity contribution in [1.29, 1.82) is 0 Å². The third kappa shape index (κ3) is 3.09. The van der Waals surface area contributed by atoms with E-state index in [1.165, 1.54) is 16.9 Å². The number of rotatable bonds is 5. The maximum atomic E-state index is 12.3. The van der Waals surface area contributed by atoms with E-state index in [0.717, 1.165) is 46.5 Å². The summed E-state index contributed by atoms with van der Waals surface area (Å²) in [6.45, 7) is 2.27. The molecule has 0 saturated carbocycles. The number of nitrogens with one attached hydrogen (secondary N) is 2. The van der Waals surface area contributed by atoms with Crippen LogP contribution in [0.5, 0.6) is 0 Å². The van der Waals surface area contributed by atoms with Crippen molar-refractivity contribution in [2.75, 3.05) is 17.2 Å². The molecule has 3 aromatic rings. The first-order chi connectivity index (χ1) is 12.3. The lowest BCUT2D eigenvalue weighted by Crippen LogP contribution is -2.22. The number of carbonyl (C=O) groups excluding carboxylic acids is 1. The predicted molar refractivity (Wildman–Crippen MR) is 102 cm³/mol. The van der Waals surface area contributed by atoms with Gasteiger partial charge in [-0.3, -0.25) is 4.79 Å². The van der Waals surface area contributed by atoms with E-state index in [1.807, 2.05) is 24.3 Å². The Balaban J connectivity index is 1.50. The van der Waals surface area contributed by atoms with Crippen LogP contribution in [0.15, 0.2) is 30.6 Å². The summed E-state index contributed by atoms with van der Waals surface area (Å²) in [7, 11) is 0. The number of benzene rings is 1. The summed E-state index contributed by atoms with van der Waals surface area (Å²) in [6, 6.07) is 7.89. The summed E-state index contributed by atoms with van der Waals surface area (Å²) in [5.41, 5.74) is 3.37. The molecule has 0 unspecified atom stereocenters. The van der Waals surface area contributed by atoms with Crippen LogP contribution < -0.4 is 10.6 Å². The SMILES string of the molecule is CCc1ccccc1NC(=O)CNc1ncnc2sc3c(c12)CCC3. The number of amides is 1. The molecular formula is C19H20N4OS. The molecule has 6 heteroatoms. The number of aromatic nitrogens is 2. The minimum absolute atomic E-state index is 0.0699. The minimum atomic E-state index is -0.0699. The van der Waals surface area contributed by atoms with Gasteiger partial charge >= 0.3 is 0 Å². The number of thiophene rings is 1. The average Bonchev–Trinajstić information content (AvgIpc) is 3.21. The van der Waals surface area contributed by atoms with Gasteiger partial charge in [-0.05, 0) is 42.9 Å². The molecule has 0 fully saturated rings. The maximum Gasteiger partial charge on any atom is 0.243 e. The van der Waals surface area contributed by atoms with Gasteiger partial charge in [0.15, 0.2) is 0 Å². The van der Waals surface area contributed by atoms with Crippen molar-refractivity contribution in [3.05, 3.63) is 46.6 Å². The molecule has 0 spiro atoms. The van der Waals surface area contributed by atoms with Crippen molar-refractivity contribution in [1.82, 2.24) is 9.97 Å². The molecule has 2 aromatic heterocycles. The van der Waals surface area contributed by atoms with Crippen LogP contribution in [0.1, 0.15) is 29.3 Å². The number of fused-ring (bicyclic) bond motifs is 3. The van der Waals surface area contributed by atoms with Gasteiger partial charge in [-0.1, -0.05) is 25.1 Å². The first kappa shape index (κ1) is 16.0. The van der Waals surface area contributed by atoms with Crippen molar-refractivity contribution in [2.45, 2.75) is 32.6 Å². The molecule has 0 bridgehead atoms. The number of aryl methyl sites for hydroxylation is 3. The Labute approximate surface area is 150 Å². The van der Waals surface area contributed by atoms with E-state index in [0.29, 0.717) is 0 Å². The molecule has 2 heterocycles. The molecule has 4 rings (SSSR count). The zero-order valence-electron chi connectivity index (χ0n) is 14.1. The first-order valence-electron chi connectivity index (χ1n) is 8.63. The molecule has 0 saturated heterocycles. The van der Waals surface area contributed by atoms with E-state index in [4.69, 9.17) is 0 Å². The molecule has 0 radical (unpaired) electrons. The van der Waals surface area contributed by atoms with Crippen LogP contribution in [0.25, 0.3) is 10.2 Å². The number of anilines is 2. The molecule has 128 valence electrons. The summed E-state index contributed by atoms with van der Waals surface area (Å²) in [5.74, 6) is 0.697. The number of hydrogen-bond acceptors (Lipinski definition) is 5. The van der Waals surface area contributed by atoms with Crippen molar-refractivity contribution < 1.29 is 4.79 Å². The van der Waals surface area contributed by atoms with E-state index in [2.05, 4.69) is 27.5 Å². The van der Waals surface area contributed by atoms with Crippen LogP contribution in [0, 0.1) is 0 Å². The maximum absolute atomic E-state index is 12.3. The molecule has 5 nitrogen and oxygen atoms in total. The Morgan fingerprint density at radius 1 is 1.24 bits per heavy atom. The Hall–Kier alpha value is -2.47. The highest BCUT2D eigenvalue weighted by atomic mass is 32.1. The molecule has 1 aliphatic rings. The van der Waals surface area contributed by atoms with Crippen molar-refractivity contribution in [2.24, 2.45) is 0 Å². The summed E-state index contributed by atoms with van der Waals surface area (Å²) < 4.78 is 0. The van der Waals surface area contributed by atoms with Gasteiger partial charge in [-0.15, -0.1) is 11.3 Å². The zero-order valence-corrected chi connectivity index (χ0v) is 14.9. The van der Waals surface area contributed by atoms with Gasteiger partial charge in [0.1, 0.15) is 17.0 Å². The van der Waals surface area contributed by atoms with Crippen LogP contribution in [0.4, 0.5) is 11.5 Å². The summed E-state index contributed by atoms with van der Waals surface area (Å²) >= 11 is 1.75. The Kier molecular flexibility index (Phi) is 4.36. The van der Waals surface area contributed by atoms with Crippen molar-refractivity contribution >= 4 is 39.0 Å². The van der Waals surface area contributed by atoms with Gasteiger partial charge < -0.3 is 10.6 Å². The highest BCUT2D eigenvalue weighted by Crippen LogP contribution is 2.38. The average molecular weight is 352 g/mol. The standard InChI is InChI=1S/C19H20N4OS/c1-2-12-6-3-4-8-14(12)23-16(24)10-20-18-17-13-7-5-9-15(13)25-19(17)22-11-21-18/h3-4,6,8,11H,2,5,7,9-10H2,1H3,(H,23,24)(H,20,21,22). The van der Waals surface area contributed by atoms with Gasteiger partial charge in [-0.25, -0.2) is 9.97 Å². The number of carbonyl (C=O) groups is 1. The lowest BCUT2D eigenvalue weighted by Gasteiger charge is -2.11. The highest BCUT2D eigenvalue weighted by Gasteiger charge is 2.21. The minimum Gasteiger partial charge on any atom is -0.360 e. The first-order valence-corrected chi connectivity index (χ1v) is 9.44. The third-order valence-corrected chi connectivity index (χ3v) is 5.79. The molecule has 0 aliphatic heterocycles. The fourth-order valence-corrected chi connectivity index (χ4v) is 4.60. The second-order valence-electron chi connectivity index (χ2n) is 6.17. The molecule has 2 N–H and O–H groups in total. The van der Waals surface area contributed by atoms with Crippen LogP contribution in [0.3, 0.4) is 0 Å². The van der Waals surface area contributed by atoms with Crippen LogP contribution >= 0.6 is 11.3 Å². The molecular weight excluding hydrogens is 332 g/mol. The molecule has 0 atom stereocenters. The molecule has 1 aromatic carbocycles. The molecule has 25 heavy (non-hydrogen) atoms. The fourth-order valence-electron chi connectivity index (χ4n) is 3.37. The normalized spacial score (nSPS) is 13.0. The number of hydrogen-bond donors (Lipinski definition) is 2. The number of para-hydroxylation sites is 1. The van der Waals surface area contributed by atoms with Gasteiger partial charge in [-0.2, -0.15) is 0 Å². The van der Waals surface area contributed by atoms with E-state index in [9.17, 15) is 4.79 Å². The van der Waals surface area contributed by atoms with E-state index >= 15 is 0 Å². The van der Waals surface area contributed by atoms with E-state index < -0.39 is 0 Å². The molecule has 1 amide bonds. The third-order valence-electron chi connectivity index (χ3n) is 4.59. The predicted octanol–water partition coefficient (Wildman–Crippen LogP) is 3.79. The van der Waals surface area contributed by atoms with Gasteiger partial charge in [0, 0.05) is 10.6 Å². The van der Waals surface area contributed by atoms with Crippen LogP contribution in [0.2, 0.25) is 0 Å². The van der Waals surface area contributed by atoms with E-state index in [1.54, 1.807) is 17.7 Å². The Bertz CT molecular complexity index is 934. The zero-order chi connectivity index (χ0) is 17.2. The van der Waals surface area contributed by atoms with Gasteiger partial charge in [0.05, 0.1) is 11.9 Å². The Morgan fingerprint density at radius 2 is 2.12 bits per heavy atom. The second kappa shape index (κ2) is 6.80. The van der Waals surface area contributed by atoms with Crippen LogP contribution in [-0.4, -0.2) is 22.4 Å². The van der Waals surface area contributed by atoms with Crippen molar-refractivity contribution in [3.8, 4) is 0 Å². The van der Waals surface area contributed by atoms with Gasteiger partial charge in [0.25, 0.3) is 0 Å². The summed E-state index contributed by atoms with van der Waals surface area (Å²) in [5, 5.41) is 7.29. The van der Waals surface area contributed by atoms with Gasteiger partial charge in [0.2, 0.25) is 5.91 Å². The lowest BCUT2D eigenvalue weighted by molar-refractivity contribution is -0.114. The van der Waals surface area contributed by atoms with Crippen LogP contribution in [-0.2, 0) is 24.1 Å². The Morgan fingerprint density at radius 3 is 3.00 bits per heavy atom. The smallest absolute Gasteiger partial charge is 0.243 e. The van der Waals surface area contributed by atoms with Crippen molar-refractivity contribution in [3.63, 3.8) is 0 Å². The monoisotopic (exact) mass is 352 g/mol. The highest BCUT2D eigenvalue weighted by molar-refractivity contribution is 7.19. The lowest BCUT2D eigenvalue weighted by atomic mass is 10.1. The fraction of sp³-hybridized carbons (Fsp3) is 0.316. The molecule has 1 aliphatic carbocycles. The topological polar surface area (TPSA) is 66.9 Å². The summed E-state index contributed by atoms with van der Waals surface area (Å²) in [4.78, 5) is 23.5. The quantitative estimate of drug-likeness (QED) is 0.733. The largest absolute Gasteiger partial charge is 0.360 e. The number of nitrogens with zero attached hydrogens (tertiary/aromatic N) is 2. The summed E-state index contributed by atoms with van der Waals surface area (Å²) in [6.07, 6.45) is 5.86. The van der Waals surface area contributed by atoms with E-state index in [-0.39, 0.29) is 12.5 Å². The second-order valence-corrected chi connectivity index (χ2v) is 7.26.